The van der Waals surface area contributed by atoms with E-state index in [1.54, 1.807) is 0 Å². The van der Waals surface area contributed by atoms with Gasteiger partial charge in [-0.3, -0.25) is 0 Å². The van der Waals surface area contributed by atoms with E-state index in [1.165, 1.54) is 20.7 Å². The minimum Gasteiger partial charge on any atom is -0.416 e. The van der Waals surface area contributed by atoms with Crippen molar-refractivity contribution in [1.82, 2.24) is 10.2 Å². The van der Waals surface area contributed by atoms with E-state index in [2.05, 4.69) is 142 Å². The third-order valence-corrected chi connectivity index (χ3v) is 13.2. The van der Waals surface area contributed by atoms with Gasteiger partial charge in [0, 0.05) is 16.9 Å². The monoisotopic (exact) mass is 569 g/mol. The SMILES string of the molecule is c1ccc(-c2nnc(-c3ccccc3N3c4ccccc4[Si](c4ccccc4)(c4ccccc4)c4ccccc43)o2)cc1. The molecule has 0 fully saturated rings. The minimum atomic E-state index is -2.68. The van der Waals surface area contributed by atoms with Gasteiger partial charge in [0.25, 0.3) is 0 Å². The summed E-state index contributed by atoms with van der Waals surface area (Å²) in [6, 6.07) is 58.1. The molecule has 0 atom stereocenters. The van der Waals surface area contributed by atoms with Crippen molar-refractivity contribution in [1.29, 1.82) is 0 Å². The molecule has 4 nitrogen and oxygen atoms in total. The van der Waals surface area contributed by atoms with Crippen molar-refractivity contribution >= 4 is 45.9 Å². The molecule has 0 amide bonds. The maximum absolute atomic E-state index is 6.30. The zero-order valence-corrected chi connectivity index (χ0v) is 24.3. The maximum atomic E-state index is 6.30. The average Bonchev–Trinajstić information content (AvgIpc) is 3.59. The second-order valence-electron chi connectivity index (χ2n) is 10.6. The van der Waals surface area contributed by atoms with Gasteiger partial charge in [0.1, 0.15) is 0 Å². The zero-order valence-electron chi connectivity index (χ0n) is 23.3. The Labute approximate surface area is 251 Å². The summed E-state index contributed by atoms with van der Waals surface area (Å²) in [5.74, 6) is 0.994. The molecule has 2 heterocycles. The van der Waals surface area contributed by atoms with E-state index in [0.29, 0.717) is 11.8 Å². The van der Waals surface area contributed by atoms with Crippen molar-refractivity contribution in [2.24, 2.45) is 0 Å². The fourth-order valence-electron chi connectivity index (χ4n) is 6.55. The molecular formula is C38H27N3OSi. The van der Waals surface area contributed by atoms with Crippen LogP contribution in [0.2, 0.25) is 0 Å². The Hall–Kier alpha value is -5.52. The Bertz CT molecular complexity index is 1950. The number of rotatable bonds is 5. The second-order valence-corrected chi connectivity index (χ2v) is 14.4. The van der Waals surface area contributed by atoms with Crippen LogP contribution >= 0.6 is 0 Å². The number of aromatic nitrogens is 2. The highest BCUT2D eigenvalue weighted by Gasteiger charge is 2.48. The van der Waals surface area contributed by atoms with Gasteiger partial charge in [-0.25, -0.2) is 0 Å². The van der Waals surface area contributed by atoms with Crippen LogP contribution in [0.3, 0.4) is 0 Å². The molecule has 1 aromatic heterocycles. The lowest BCUT2D eigenvalue weighted by atomic mass is 10.1. The van der Waals surface area contributed by atoms with Crippen LogP contribution in [0, 0.1) is 0 Å². The highest BCUT2D eigenvalue weighted by Crippen LogP contribution is 2.42. The topological polar surface area (TPSA) is 42.2 Å². The predicted octanol–water partition coefficient (Wildman–Crippen LogP) is 6.56. The van der Waals surface area contributed by atoms with Gasteiger partial charge in [-0.2, -0.15) is 0 Å². The third kappa shape index (κ3) is 3.97. The van der Waals surface area contributed by atoms with Crippen molar-refractivity contribution in [3.05, 3.63) is 164 Å². The Kier molecular flexibility index (Phi) is 6.09. The molecule has 0 saturated carbocycles. The predicted molar refractivity (Wildman–Crippen MR) is 177 cm³/mol. The molecule has 0 N–H and O–H groups in total. The first-order chi connectivity index (χ1) is 21.4. The summed E-state index contributed by atoms with van der Waals surface area (Å²) in [5, 5.41) is 14.3. The van der Waals surface area contributed by atoms with Gasteiger partial charge >= 0.3 is 0 Å². The van der Waals surface area contributed by atoms with Crippen LogP contribution in [-0.2, 0) is 0 Å². The Balaban J connectivity index is 1.40. The number of anilines is 3. The molecule has 0 radical (unpaired) electrons. The fraction of sp³-hybridized carbons (Fsp3) is 0. The summed E-state index contributed by atoms with van der Waals surface area (Å²) in [6.45, 7) is 0. The lowest BCUT2D eigenvalue weighted by molar-refractivity contribution is 0.584. The highest BCUT2D eigenvalue weighted by molar-refractivity contribution is 7.21. The van der Waals surface area contributed by atoms with E-state index in [1.807, 2.05) is 36.4 Å². The first kappa shape index (κ1) is 25.2. The number of hydrogen-bond donors (Lipinski definition) is 0. The molecule has 0 unspecified atom stereocenters. The summed E-state index contributed by atoms with van der Waals surface area (Å²) in [7, 11) is -2.68. The molecule has 204 valence electrons. The summed E-state index contributed by atoms with van der Waals surface area (Å²) in [5.41, 5.74) is 5.10. The third-order valence-electron chi connectivity index (χ3n) is 8.33. The molecule has 1 aliphatic heterocycles. The van der Waals surface area contributed by atoms with Crippen molar-refractivity contribution in [3.63, 3.8) is 0 Å². The van der Waals surface area contributed by atoms with Gasteiger partial charge in [-0.1, -0.05) is 127 Å². The van der Waals surface area contributed by atoms with Crippen LogP contribution < -0.4 is 25.6 Å². The smallest absolute Gasteiger partial charge is 0.250 e. The first-order valence-corrected chi connectivity index (χ1v) is 16.4. The normalized spacial score (nSPS) is 13.3. The second kappa shape index (κ2) is 10.4. The summed E-state index contributed by atoms with van der Waals surface area (Å²) in [6.07, 6.45) is 0. The van der Waals surface area contributed by atoms with Crippen molar-refractivity contribution in [3.8, 4) is 22.9 Å². The molecule has 1 aliphatic rings. The number of hydrogen-bond acceptors (Lipinski definition) is 4. The van der Waals surface area contributed by atoms with Gasteiger partial charge in [0.2, 0.25) is 11.8 Å². The van der Waals surface area contributed by atoms with E-state index >= 15 is 0 Å². The number of fused-ring (bicyclic) bond motifs is 2. The molecular weight excluding hydrogens is 543 g/mol. The van der Waals surface area contributed by atoms with Crippen LogP contribution in [0.25, 0.3) is 22.9 Å². The van der Waals surface area contributed by atoms with Crippen molar-refractivity contribution in [2.45, 2.75) is 0 Å². The van der Waals surface area contributed by atoms with Crippen molar-refractivity contribution in [2.75, 3.05) is 4.90 Å². The molecule has 0 bridgehead atoms. The first-order valence-electron chi connectivity index (χ1n) is 14.4. The van der Waals surface area contributed by atoms with Crippen molar-refractivity contribution < 1.29 is 4.42 Å². The van der Waals surface area contributed by atoms with E-state index in [4.69, 9.17) is 4.42 Å². The molecule has 43 heavy (non-hydrogen) atoms. The van der Waals surface area contributed by atoms with E-state index in [0.717, 1.165) is 28.2 Å². The number of para-hydroxylation sites is 3. The van der Waals surface area contributed by atoms with E-state index < -0.39 is 8.07 Å². The van der Waals surface area contributed by atoms with E-state index in [-0.39, 0.29) is 0 Å². The van der Waals surface area contributed by atoms with Crippen LogP contribution in [-0.4, -0.2) is 18.3 Å². The van der Waals surface area contributed by atoms with Gasteiger partial charge < -0.3 is 9.32 Å². The molecule has 6 aromatic carbocycles. The highest BCUT2D eigenvalue weighted by atomic mass is 28.3. The quantitative estimate of drug-likeness (QED) is 0.220. The van der Waals surface area contributed by atoms with Gasteiger partial charge in [-0.15, -0.1) is 10.2 Å². The Morgan fingerprint density at radius 3 is 1.44 bits per heavy atom. The minimum absolute atomic E-state index is 0.490. The summed E-state index contributed by atoms with van der Waals surface area (Å²) < 4.78 is 6.30. The number of nitrogens with zero attached hydrogens (tertiary/aromatic N) is 3. The Morgan fingerprint density at radius 2 is 0.860 bits per heavy atom. The van der Waals surface area contributed by atoms with Crippen LogP contribution in [0.15, 0.2) is 168 Å². The number of benzene rings is 6. The summed E-state index contributed by atoms with van der Waals surface area (Å²) >= 11 is 0. The Morgan fingerprint density at radius 1 is 0.419 bits per heavy atom. The summed E-state index contributed by atoms with van der Waals surface area (Å²) in [4.78, 5) is 2.38. The van der Waals surface area contributed by atoms with E-state index in [9.17, 15) is 0 Å². The van der Waals surface area contributed by atoms with Crippen LogP contribution in [0.1, 0.15) is 0 Å². The molecule has 0 saturated heterocycles. The zero-order chi connectivity index (χ0) is 28.6. The molecule has 5 heteroatoms. The van der Waals surface area contributed by atoms with Gasteiger partial charge in [0.05, 0.1) is 11.3 Å². The van der Waals surface area contributed by atoms with Gasteiger partial charge in [0.15, 0.2) is 8.07 Å². The van der Waals surface area contributed by atoms with Crippen LogP contribution in [0.5, 0.6) is 0 Å². The molecule has 0 aliphatic carbocycles. The lowest BCUT2D eigenvalue weighted by Crippen LogP contribution is -2.77. The average molecular weight is 570 g/mol. The molecule has 0 spiro atoms. The largest absolute Gasteiger partial charge is 0.416 e. The molecule has 7 aromatic rings. The fourth-order valence-corrected chi connectivity index (χ4v) is 11.7. The van der Waals surface area contributed by atoms with Crippen LogP contribution in [0.4, 0.5) is 17.1 Å². The molecule has 8 rings (SSSR count). The van der Waals surface area contributed by atoms with Gasteiger partial charge in [-0.05, 0) is 57.1 Å². The standard InChI is InChI=1S/C38H27N3OSi/c1-4-16-28(17-5-1)37-39-40-38(42-37)31-22-10-11-23-32(31)41-33-24-12-14-26-35(33)43(29-18-6-2-7-19-29,30-20-8-3-9-21-30)36-27-15-13-25-34(36)41/h1-27H. The maximum Gasteiger partial charge on any atom is 0.250 e. The lowest BCUT2D eigenvalue weighted by Gasteiger charge is -2.45.